The van der Waals surface area contributed by atoms with E-state index in [0.717, 1.165) is 22.3 Å². The third-order valence-corrected chi connectivity index (χ3v) is 5.35. The van der Waals surface area contributed by atoms with Gasteiger partial charge in [0.1, 0.15) is 24.4 Å². The molecule has 2 aromatic carbocycles. The Balaban J connectivity index is 1.92. The quantitative estimate of drug-likeness (QED) is 0.482. The molecule has 6 nitrogen and oxygen atoms in total. The maximum absolute atomic E-state index is 11.0. The highest BCUT2D eigenvalue weighted by atomic mass is 16.7. The summed E-state index contributed by atoms with van der Waals surface area (Å²) in [5.74, 6) is 3.60. The zero-order chi connectivity index (χ0) is 21.2. The monoisotopic (exact) mass is 398 g/mol. The lowest BCUT2D eigenvalue weighted by molar-refractivity contribution is -0.357. The van der Waals surface area contributed by atoms with E-state index in [9.17, 15) is 25.5 Å². The van der Waals surface area contributed by atoms with Crippen molar-refractivity contribution in [1.82, 2.24) is 0 Å². The molecule has 0 saturated carbocycles. The predicted molar refractivity (Wildman–Crippen MR) is 107 cm³/mol. The minimum absolute atomic E-state index is 0.239. The van der Waals surface area contributed by atoms with Crippen LogP contribution in [-0.2, 0) is 16.9 Å². The van der Waals surface area contributed by atoms with Crippen molar-refractivity contribution in [2.24, 2.45) is 0 Å². The molecule has 0 unspecified atom stereocenters. The molecule has 0 radical (unpaired) electrons. The Bertz CT molecular complexity index is 911. The van der Waals surface area contributed by atoms with Crippen molar-refractivity contribution in [3.8, 4) is 11.8 Å². The number of hydrogen-bond acceptors (Lipinski definition) is 6. The number of aliphatic hydroxyl groups is 5. The van der Waals surface area contributed by atoms with Crippen molar-refractivity contribution in [3.63, 3.8) is 0 Å². The third-order valence-electron chi connectivity index (χ3n) is 5.35. The number of hydrogen-bond donors (Lipinski definition) is 5. The Morgan fingerprint density at radius 3 is 2.34 bits per heavy atom. The summed E-state index contributed by atoms with van der Waals surface area (Å²) in [6.07, 6.45) is -5.59. The van der Waals surface area contributed by atoms with Crippen LogP contribution in [0.25, 0.3) is 0 Å². The normalized spacial score (nSPS) is 29.2. The maximum Gasteiger partial charge on any atom is 0.222 e. The van der Waals surface area contributed by atoms with Gasteiger partial charge in [-0.15, -0.1) is 5.92 Å². The number of rotatable bonds is 4. The molecule has 5 N–H and O–H groups in total. The Morgan fingerprint density at radius 1 is 1.03 bits per heavy atom. The summed E-state index contributed by atoms with van der Waals surface area (Å²) in [6, 6.07) is 12.9. The molecule has 1 heterocycles. The molecular weight excluding hydrogens is 372 g/mol. The van der Waals surface area contributed by atoms with E-state index >= 15 is 0 Å². The summed E-state index contributed by atoms with van der Waals surface area (Å²) < 4.78 is 5.42. The summed E-state index contributed by atoms with van der Waals surface area (Å²) in [5.41, 5.74) is 4.11. The zero-order valence-electron chi connectivity index (χ0n) is 16.4. The van der Waals surface area contributed by atoms with Crippen LogP contribution in [0.4, 0.5) is 0 Å². The SMILES string of the molecule is CC#Cc1ccc(Cc2cc([C@@]3(O)O[C@H](CO)[C@@H](O)[C@H](O)[C@H]3O)ccc2C)cc1. The smallest absolute Gasteiger partial charge is 0.222 e. The predicted octanol–water partition coefficient (Wildman–Crippen LogP) is 0.576. The first kappa shape index (κ1) is 21.5. The van der Waals surface area contributed by atoms with Crippen LogP contribution in [0.2, 0.25) is 0 Å². The van der Waals surface area contributed by atoms with E-state index in [2.05, 4.69) is 11.8 Å². The van der Waals surface area contributed by atoms with Crippen LogP contribution in [0.3, 0.4) is 0 Å². The molecule has 1 aliphatic rings. The molecule has 29 heavy (non-hydrogen) atoms. The fourth-order valence-electron chi connectivity index (χ4n) is 3.55. The highest BCUT2D eigenvalue weighted by Crippen LogP contribution is 2.37. The maximum atomic E-state index is 11.0. The van der Waals surface area contributed by atoms with Crippen molar-refractivity contribution in [3.05, 3.63) is 70.3 Å². The van der Waals surface area contributed by atoms with Crippen molar-refractivity contribution < 1.29 is 30.3 Å². The Kier molecular flexibility index (Phi) is 6.39. The molecule has 1 fully saturated rings. The second-order valence-electron chi connectivity index (χ2n) is 7.35. The van der Waals surface area contributed by atoms with E-state index in [4.69, 9.17) is 4.74 Å². The van der Waals surface area contributed by atoms with Gasteiger partial charge in [0, 0.05) is 11.1 Å². The van der Waals surface area contributed by atoms with Gasteiger partial charge in [-0.05, 0) is 55.2 Å². The van der Waals surface area contributed by atoms with Crippen molar-refractivity contribution in [1.29, 1.82) is 0 Å². The van der Waals surface area contributed by atoms with Gasteiger partial charge < -0.3 is 30.3 Å². The van der Waals surface area contributed by atoms with Gasteiger partial charge >= 0.3 is 0 Å². The first-order chi connectivity index (χ1) is 13.8. The highest BCUT2D eigenvalue weighted by molar-refractivity contribution is 5.40. The van der Waals surface area contributed by atoms with E-state index in [1.54, 1.807) is 25.1 Å². The fourth-order valence-corrected chi connectivity index (χ4v) is 3.55. The standard InChI is InChI=1S/C23H26O6/c1-3-4-15-6-8-16(9-7-15)11-17-12-18(10-5-14(17)2)23(28)22(27)21(26)20(25)19(13-24)29-23/h5-10,12,19-22,24-28H,11,13H2,1-2H3/t19-,20-,21+,22-,23-/m1/s1. The van der Waals surface area contributed by atoms with Gasteiger partial charge in [0.2, 0.25) is 5.79 Å². The molecule has 1 saturated heterocycles. The van der Waals surface area contributed by atoms with Gasteiger partial charge in [-0.2, -0.15) is 0 Å². The van der Waals surface area contributed by atoms with Gasteiger partial charge in [0.05, 0.1) is 6.61 Å². The van der Waals surface area contributed by atoms with E-state index in [0.29, 0.717) is 6.42 Å². The van der Waals surface area contributed by atoms with Crippen LogP contribution in [0.1, 0.15) is 34.7 Å². The zero-order valence-corrected chi connectivity index (χ0v) is 16.4. The Labute approximate surface area is 170 Å². The minimum Gasteiger partial charge on any atom is -0.394 e. The summed E-state index contributed by atoms with van der Waals surface area (Å²) in [6.45, 7) is 3.11. The average molecular weight is 398 g/mol. The summed E-state index contributed by atoms with van der Waals surface area (Å²) in [7, 11) is 0. The van der Waals surface area contributed by atoms with Crippen molar-refractivity contribution in [2.75, 3.05) is 6.61 Å². The molecule has 0 aromatic heterocycles. The molecule has 0 spiro atoms. The Morgan fingerprint density at radius 2 is 1.72 bits per heavy atom. The van der Waals surface area contributed by atoms with Gasteiger partial charge in [-0.25, -0.2) is 0 Å². The summed E-state index contributed by atoms with van der Waals surface area (Å²) in [5, 5.41) is 50.8. The lowest BCUT2D eigenvalue weighted by atomic mass is 9.86. The topological polar surface area (TPSA) is 110 Å². The van der Waals surface area contributed by atoms with E-state index < -0.39 is 36.8 Å². The van der Waals surface area contributed by atoms with Crippen LogP contribution >= 0.6 is 0 Å². The second kappa shape index (κ2) is 8.64. The number of aliphatic hydroxyl groups excluding tert-OH is 4. The number of benzene rings is 2. The molecular formula is C23H26O6. The first-order valence-electron chi connectivity index (χ1n) is 9.47. The molecule has 2 aromatic rings. The number of aryl methyl sites for hydroxylation is 1. The minimum atomic E-state index is -2.25. The van der Waals surface area contributed by atoms with Crippen LogP contribution in [0, 0.1) is 18.8 Å². The first-order valence-corrected chi connectivity index (χ1v) is 9.47. The Hall–Kier alpha value is -2.24. The molecule has 0 aliphatic carbocycles. The van der Waals surface area contributed by atoms with Crippen LogP contribution in [0.5, 0.6) is 0 Å². The van der Waals surface area contributed by atoms with Crippen molar-refractivity contribution in [2.45, 2.75) is 50.5 Å². The second-order valence-corrected chi connectivity index (χ2v) is 7.35. The highest BCUT2D eigenvalue weighted by Gasteiger charge is 2.53. The van der Waals surface area contributed by atoms with Crippen LogP contribution in [0.15, 0.2) is 42.5 Å². The van der Waals surface area contributed by atoms with Gasteiger partial charge in [-0.3, -0.25) is 0 Å². The molecule has 3 rings (SSSR count). The van der Waals surface area contributed by atoms with Gasteiger partial charge in [0.15, 0.2) is 0 Å². The molecule has 154 valence electrons. The third kappa shape index (κ3) is 4.21. The summed E-state index contributed by atoms with van der Waals surface area (Å²) >= 11 is 0. The molecule has 6 heteroatoms. The molecule has 5 atom stereocenters. The van der Waals surface area contributed by atoms with Gasteiger partial charge in [0.25, 0.3) is 0 Å². The lowest BCUT2D eigenvalue weighted by Gasteiger charge is -2.45. The van der Waals surface area contributed by atoms with E-state index in [-0.39, 0.29) is 5.56 Å². The van der Waals surface area contributed by atoms with E-state index in [1.807, 2.05) is 31.2 Å². The molecule has 0 bridgehead atoms. The van der Waals surface area contributed by atoms with Crippen LogP contribution < -0.4 is 0 Å². The largest absolute Gasteiger partial charge is 0.394 e. The fraction of sp³-hybridized carbons (Fsp3) is 0.391. The van der Waals surface area contributed by atoms with Crippen LogP contribution in [-0.4, -0.2) is 56.6 Å². The average Bonchev–Trinajstić information content (AvgIpc) is 2.72. The van der Waals surface area contributed by atoms with Gasteiger partial charge in [-0.1, -0.05) is 30.2 Å². The summed E-state index contributed by atoms with van der Waals surface area (Å²) in [4.78, 5) is 0. The van der Waals surface area contributed by atoms with Crippen molar-refractivity contribution >= 4 is 0 Å². The molecule has 1 aliphatic heterocycles. The molecule has 0 amide bonds. The van der Waals surface area contributed by atoms with E-state index in [1.165, 1.54) is 0 Å². The lowest BCUT2D eigenvalue weighted by Crippen LogP contribution is -2.63. The number of ether oxygens (including phenoxy) is 1.